The molecule has 7 nitrogen and oxygen atoms in total. The fraction of sp³-hybridized carbons (Fsp3) is 0.300. The van der Waals surface area contributed by atoms with Gasteiger partial charge in [0, 0.05) is 31.3 Å². The highest BCUT2D eigenvalue weighted by Crippen LogP contribution is 2.20. The highest BCUT2D eigenvalue weighted by atomic mass is 19.4. The summed E-state index contributed by atoms with van der Waals surface area (Å²) < 4.78 is 43.1. The molecule has 1 aromatic carbocycles. The standard InChI is InChI=1S/C20H19F3N4O3/c1-13-4-2-6-15-17(13)26-12-27(19(15)29)9-7-16(28)25-10-14-5-3-8-24-18(14)30-11-20(21,22)23/h2-6,8,12H,7,9-11H2,1H3,(H,25,28). The van der Waals surface area contributed by atoms with Crippen molar-refractivity contribution < 1.29 is 22.7 Å². The number of aromatic nitrogens is 3. The van der Waals surface area contributed by atoms with Crippen molar-refractivity contribution in [3.8, 4) is 5.88 Å². The lowest BCUT2D eigenvalue weighted by atomic mass is 10.1. The van der Waals surface area contributed by atoms with Crippen molar-refractivity contribution in [2.24, 2.45) is 0 Å². The molecule has 30 heavy (non-hydrogen) atoms. The van der Waals surface area contributed by atoms with E-state index < -0.39 is 12.8 Å². The van der Waals surface area contributed by atoms with Crippen LogP contribution in [0.3, 0.4) is 0 Å². The van der Waals surface area contributed by atoms with Crippen molar-refractivity contribution in [1.82, 2.24) is 19.9 Å². The molecule has 2 aromatic heterocycles. The van der Waals surface area contributed by atoms with Crippen LogP contribution in [0.15, 0.2) is 47.7 Å². The van der Waals surface area contributed by atoms with Crippen LogP contribution in [-0.2, 0) is 17.9 Å². The Kier molecular flexibility index (Phi) is 6.34. The Morgan fingerprint density at radius 1 is 1.20 bits per heavy atom. The summed E-state index contributed by atoms with van der Waals surface area (Å²) in [5, 5.41) is 3.07. The first-order valence-electron chi connectivity index (χ1n) is 9.09. The molecule has 0 aliphatic carbocycles. The molecule has 0 saturated carbocycles. The summed E-state index contributed by atoms with van der Waals surface area (Å²) in [5.41, 5.74) is 1.57. The summed E-state index contributed by atoms with van der Waals surface area (Å²) in [7, 11) is 0. The number of rotatable bonds is 7. The molecule has 3 rings (SSSR count). The van der Waals surface area contributed by atoms with Crippen LogP contribution in [0.25, 0.3) is 10.9 Å². The first-order chi connectivity index (χ1) is 14.2. The summed E-state index contributed by atoms with van der Waals surface area (Å²) in [6.07, 6.45) is -1.79. The Balaban J connectivity index is 1.59. The van der Waals surface area contributed by atoms with Gasteiger partial charge in [-0.2, -0.15) is 13.2 Å². The van der Waals surface area contributed by atoms with E-state index in [2.05, 4.69) is 20.0 Å². The number of carbonyl (C=O) groups excluding carboxylic acids is 1. The number of para-hydroxylation sites is 1. The monoisotopic (exact) mass is 420 g/mol. The summed E-state index contributed by atoms with van der Waals surface area (Å²) >= 11 is 0. The van der Waals surface area contributed by atoms with E-state index in [4.69, 9.17) is 0 Å². The van der Waals surface area contributed by atoms with Crippen molar-refractivity contribution in [2.45, 2.75) is 32.6 Å². The minimum Gasteiger partial charge on any atom is -0.468 e. The topological polar surface area (TPSA) is 86.1 Å². The number of pyridine rings is 1. The number of aryl methyl sites for hydroxylation is 2. The Labute approximate surface area is 169 Å². The Morgan fingerprint density at radius 3 is 2.77 bits per heavy atom. The van der Waals surface area contributed by atoms with E-state index in [1.54, 1.807) is 12.1 Å². The third kappa shape index (κ3) is 5.34. The number of hydrogen-bond acceptors (Lipinski definition) is 5. The van der Waals surface area contributed by atoms with Gasteiger partial charge in [-0.3, -0.25) is 14.2 Å². The number of ether oxygens (including phenoxy) is 1. The highest BCUT2D eigenvalue weighted by molar-refractivity contribution is 5.80. The smallest absolute Gasteiger partial charge is 0.422 e. The molecular weight excluding hydrogens is 401 g/mol. The lowest BCUT2D eigenvalue weighted by Crippen LogP contribution is -2.28. The molecule has 158 valence electrons. The second-order valence-electron chi connectivity index (χ2n) is 6.61. The summed E-state index contributed by atoms with van der Waals surface area (Å²) in [4.78, 5) is 32.8. The van der Waals surface area contributed by atoms with Crippen LogP contribution >= 0.6 is 0 Å². The zero-order valence-corrected chi connectivity index (χ0v) is 16.1. The SMILES string of the molecule is Cc1cccc2c(=O)n(CCC(=O)NCc3cccnc3OCC(F)(F)F)cnc12. The van der Waals surface area contributed by atoms with E-state index in [1.807, 2.05) is 13.0 Å². The van der Waals surface area contributed by atoms with Gasteiger partial charge in [-0.05, 0) is 24.6 Å². The minimum absolute atomic E-state index is 0.00207. The van der Waals surface area contributed by atoms with Crippen LogP contribution in [0.2, 0.25) is 0 Å². The highest BCUT2D eigenvalue weighted by Gasteiger charge is 2.29. The maximum absolute atomic E-state index is 12.5. The first-order valence-corrected chi connectivity index (χ1v) is 9.09. The van der Waals surface area contributed by atoms with Crippen LogP contribution in [0.4, 0.5) is 13.2 Å². The summed E-state index contributed by atoms with van der Waals surface area (Å²) in [6.45, 7) is 0.454. The Morgan fingerprint density at radius 2 is 2.00 bits per heavy atom. The molecule has 3 aromatic rings. The molecule has 0 aliphatic heterocycles. The molecule has 0 aliphatic rings. The molecule has 2 heterocycles. The van der Waals surface area contributed by atoms with E-state index in [-0.39, 0.29) is 36.9 Å². The van der Waals surface area contributed by atoms with Crippen LogP contribution in [0.1, 0.15) is 17.5 Å². The number of fused-ring (bicyclic) bond motifs is 1. The molecule has 0 atom stereocenters. The first kappa shape index (κ1) is 21.3. The summed E-state index contributed by atoms with van der Waals surface area (Å²) in [5.74, 6) is -0.572. The van der Waals surface area contributed by atoms with E-state index in [0.29, 0.717) is 16.5 Å². The lowest BCUT2D eigenvalue weighted by molar-refractivity contribution is -0.154. The van der Waals surface area contributed by atoms with Gasteiger partial charge in [0.15, 0.2) is 6.61 Å². The van der Waals surface area contributed by atoms with Crippen LogP contribution in [0, 0.1) is 6.92 Å². The third-order valence-electron chi connectivity index (χ3n) is 4.33. The predicted octanol–water partition coefficient (Wildman–Crippen LogP) is 2.75. The molecule has 0 bridgehead atoms. The zero-order chi connectivity index (χ0) is 21.7. The van der Waals surface area contributed by atoms with Crippen molar-refractivity contribution in [3.05, 3.63) is 64.3 Å². The van der Waals surface area contributed by atoms with Crippen molar-refractivity contribution >= 4 is 16.8 Å². The molecule has 0 fully saturated rings. The Hall–Kier alpha value is -3.43. The maximum atomic E-state index is 12.5. The lowest BCUT2D eigenvalue weighted by Gasteiger charge is -2.12. The van der Waals surface area contributed by atoms with Crippen molar-refractivity contribution in [2.75, 3.05) is 6.61 Å². The van der Waals surface area contributed by atoms with Gasteiger partial charge in [-0.25, -0.2) is 9.97 Å². The third-order valence-corrected chi connectivity index (χ3v) is 4.33. The fourth-order valence-corrected chi connectivity index (χ4v) is 2.84. The van der Waals surface area contributed by atoms with E-state index in [0.717, 1.165) is 5.56 Å². The van der Waals surface area contributed by atoms with Crippen molar-refractivity contribution in [1.29, 1.82) is 0 Å². The average molecular weight is 420 g/mol. The number of nitrogens with zero attached hydrogens (tertiary/aromatic N) is 3. The van der Waals surface area contributed by atoms with E-state index in [1.165, 1.54) is 29.2 Å². The van der Waals surface area contributed by atoms with Gasteiger partial charge in [0.1, 0.15) is 0 Å². The quantitative estimate of drug-likeness (QED) is 0.635. The van der Waals surface area contributed by atoms with Gasteiger partial charge in [-0.15, -0.1) is 0 Å². The van der Waals surface area contributed by atoms with Crippen molar-refractivity contribution in [3.63, 3.8) is 0 Å². The number of benzene rings is 1. The fourth-order valence-electron chi connectivity index (χ4n) is 2.84. The van der Waals surface area contributed by atoms with Gasteiger partial charge in [0.05, 0.1) is 17.2 Å². The largest absolute Gasteiger partial charge is 0.468 e. The number of hydrogen-bond donors (Lipinski definition) is 1. The molecule has 1 N–H and O–H groups in total. The zero-order valence-electron chi connectivity index (χ0n) is 16.1. The van der Waals surface area contributed by atoms with Gasteiger partial charge in [0.25, 0.3) is 5.56 Å². The second kappa shape index (κ2) is 8.93. The second-order valence-corrected chi connectivity index (χ2v) is 6.61. The van der Waals surface area contributed by atoms with Crippen LogP contribution in [-0.4, -0.2) is 33.2 Å². The van der Waals surface area contributed by atoms with E-state index >= 15 is 0 Å². The van der Waals surface area contributed by atoms with E-state index in [9.17, 15) is 22.8 Å². The molecular formula is C20H19F3N4O3. The number of nitrogens with one attached hydrogen (secondary N) is 1. The molecule has 0 radical (unpaired) electrons. The number of halogens is 3. The van der Waals surface area contributed by atoms with Crippen LogP contribution < -0.4 is 15.6 Å². The summed E-state index contributed by atoms with van der Waals surface area (Å²) in [6, 6.07) is 8.35. The molecule has 0 spiro atoms. The predicted molar refractivity (Wildman–Crippen MR) is 103 cm³/mol. The molecule has 1 amide bonds. The number of carbonyl (C=O) groups is 1. The van der Waals surface area contributed by atoms with Gasteiger partial charge >= 0.3 is 6.18 Å². The Bertz CT molecular complexity index is 1110. The van der Waals surface area contributed by atoms with Gasteiger partial charge in [-0.1, -0.05) is 18.2 Å². The number of amides is 1. The maximum Gasteiger partial charge on any atom is 0.422 e. The van der Waals surface area contributed by atoms with Crippen LogP contribution in [0.5, 0.6) is 5.88 Å². The normalized spacial score (nSPS) is 11.5. The van der Waals surface area contributed by atoms with Gasteiger partial charge < -0.3 is 10.1 Å². The molecule has 0 saturated heterocycles. The average Bonchev–Trinajstić information content (AvgIpc) is 2.71. The minimum atomic E-state index is -4.49. The molecule has 0 unspecified atom stereocenters. The van der Waals surface area contributed by atoms with Gasteiger partial charge in [0.2, 0.25) is 11.8 Å². The molecule has 10 heteroatoms. The number of alkyl halides is 3.